The second-order valence-corrected chi connectivity index (χ2v) is 8.55. The summed E-state index contributed by atoms with van der Waals surface area (Å²) >= 11 is 0. The summed E-state index contributed by atoms with van der Waals surface area (Å²) in [6.45, 7) is 4.11. The van der Waals surface area contributed by atoms with Gasteiger partial charge in [0.2, 0.25) is 0 Å². The Hall–Kier alpha value is -2.37. The summed E-state index contributed by atoms with van der Waals surface area (Å²) in [4.78, 5) is 30.5. The summed E-state index contributed by atoms with van der Waals surface area (Å²) in [7, 11) is 2.12. The van der Waals surface area contributed by atoms with Crippen LogP contribution >= 0.6 is 0 Å². The van der Waals surface area contributed by atoms with Gasteiger partial charge in [0.05, 0.1) is 22.9 Å². The molecular weight excluding hydrogens is 354 g/mol. The van der Waals surface area contributed by atoms with Crippen molar-refractivity contribution in [3.05, 3.63) is 23.5 Å². The van der Waals surface area contributed by atoms with Crippen molar-refractivity contribution in [2.75, 3.05) is 11.9 Å². The Kier molecular flexibility index (Phi) is 4.89. The molecule has 28 heavy (non-hydrogen) atoms. The van der Waals surface area contributed by atoms with E-state index in [0.29, 0.717) is 12.5 Å². The number of hydrogen-bond acceptors (Lipinski definition) is 4. The maximum absolute atomic E-state index is 11.6. The fourth-order valence-electron chi connectivity index (χ4n) is 4.97. The van der Waals surface area contributed by atoms with Crippen LogP contribution in [0.4, 0.5) is 5.69 Å². The van der Waals surface area contributed by atoms with Crippen molar-refractivity contribution in [3.63, 3.8) is 0 Å². The zero-order chi connectivity index (χ0) is 20.0. The number of fused-ring (bicyclic) bond motifs is 3. The average Bonchev–Trinajstić information content (AvgIpc) is 3.10. The van der Waals surface area contributed by atoms with Gasteiger partial charge in [0.15, 0.2) is 0 Å². The summed E-state index contributed by atoms with van der Waals surface area (Å²) in [5.41, 5.74) is 4.49. The van der Waals surface area contributed by atoms with Crippen molar-refractivity contribution in [2.24, 2.45) is 5.92 Å². The van der Waals surface area contributed by atoms with E-state index in [1.54, 1.807) is 0 Å². The van der Waals surface area contributed by atoms with Gasteiger partial charge in [-0.25, -0.2) is 4.98 Å². The first kappa shape index (κ1) is 19.0. The normalized spacial score (nSPS) is 26.1. The predicted molar refractivity (Wildman–Crippen MR) is 109 cm³/mol. The lowest BCUT2D eigenvalue weighted by Crippen LogP contribution is -2.33. The quantitative estimate of drug-likeness (QED) is 0.810. The molecule has 2 aromatic rings. The molecule has 1 aliphatic heterocycles. The van der Waals surface area contributed by atoms with E-state index < -0.39 is 5.97 Å². The van der Waals surface area contributed by atoms with Crippen LogP contribution in [-0.4, -0.2) is 40.0 Å². The molecule has 0 saturated heterocycles. The number of carbonyl (C=O) groups is 2. The van der Waals surface area contributed by atoms with Crippen LogP contribution in [0.25, 0.3) is 11.0 Å². The SMILES string of the molecule is CC(C=O)c1nc2c3c(ccc2n1C1CCCC(C(=O)O)C1)N(C)C(C)CC3. The van der Waals surface area contributed by atoms with Crippen molar-refractivity contribution in [1.29, 1.82) is 0 Å². The lowest BCUT2D eigenvalue weighted by atomic mass is 9.85. The molecule has 1 N–H and O–H groups in total. The van der Waals surface area contributed by atoms with E-state index in [4.69, 9.17) is 4.98 Å². The van der Waals surface area contributed by atoms with Gasteiger partial charge in [-0.15, -0.1) is 0 Å². The van der Waals surface area contributed by atoms with E-state index in [9.17, 15) is 14.7 Å². The highest BCUT2D eigenvalue weighted by atomic mass is 16.4. The second kappa shape index (κ2) is 7.22. The van der Waals surface area contributed by atoms with Crippen molar-refractivity contribution in [1.82, 2.24) is 9.55 Å². The van der Waals surface area contributed by atoms with Crippen LogP contribution in [0.3, 0.4) is 0 Å². The number of imidazole rings is 1. The fraction of sp³-hybridized carbons (Fsp3) is 0.591. The molecule has 1 aromatic carbocycles. The Morgan fingerprint density at radius 1 is 1.32 bits per heavy atom. The Balaban J connectivity index is 1.87. The third kappa shape index (κ3) is 2.99. The van der Waals surface area contributed by atoms with E-state index in [1.807, 2.05) is 6.92 Å². The summed E-state index contributed by atoms with van der Waals surface area (Å²) in [6.07, 6.45) is 6.16. The number of rotatable bonds is 4. The van der Waals surface area contributed by atoms with Crippen molar-refractivity contribution in [2.45, 2.75) is 70.4 Å². The molecule has 2 aliphatic rings. The maximum Gasteiger partial charge on any atom is 0.306 e. The maximum atomic E-state index is 11.6. The van der Waals surface area contributed by atoms with Gasteiger partial charge in [0.25, 0.3) is 0 Å². The van der Waals surface area contributed by atoms with E-state index >= 15 is 0 Å². The number of aliphatic carboxylic acids is 1. The van der Waals surface area contributed by atoms with Gasteiger partial charge in [-0.1, -0.05) is 6.42 Å². The van der Waals surface area contributed by atoms with E-state index in [2.05, 4.69) is 35.6 Å². The zero-order valence-electron chi connectivity index (χ0n) is 16.9. The number of aryl methyl sites for hydroxylation is 1. The van der Waals surface area contributed by atoms with E-state index in [1.165, 1.54) is 11.3 Å². The lowest BCUT2D eigenvalue weighted by Gasteiger charge is -2.34. The first-order valence-electron chi connectivity index (χ1n) is 10.4. The number of nitrogens with zero attached hydrogens (tertiary/aromatic N) is 3. The number of carboxylic acid groups (broad SMARTS) is 1. The number of aromatic nitrogens is 2. The van der Waals surface area contributed by atoms with E-state index in [0.717, 1.165) is 55.2 Å². The summed E-state index contributed by atoms with van der Waals surface area (Å²) in [6, 6.07) is 4.85. The summed E-state index contributed by atoms with van der Waals surface area (Å²) in [5.74, 6) is -0.573. The monoisotopic (exact) mass is 383 g/mol. The van der Waals surface area contributed by atoms with Gasteiger partial charge in [-0.3, -0.25) is 4.79 Å². The van der Waals surface area contributed by atoms with Crippen molar-refractivity contribution < 1.29 is 14.7 Å². The van der Waals surface area contributed by atoms with Crippen LogP contribution in [0.1, 0.15) is 69.3 Å². The Morgan fingerprint density at radius 3 is 2.82 bits per heavy atom. The summed E-state index contributed by atoms with van der Waals surface area (Å²) < 4.78 is 2.18. The number of carbonyl (C=O) groups excluding carboxylic acids is 1. The van der Waals surface area contributed by atoms with Gasteiger partial charge in [0.1, 0.15) is 12.1 Å². The van der Waals surface area contributed by atoms with Crippen LogP contribution in [0.2, 0.25) is 0 Å². The third-order valence-corrected chi connectivity index (χ3v) is 6.80. The molecular formula is C22H29N3O3. The van der Waals surface area contributed by atoms with Gasteiger partial charge in [0, 0.05) is 30.4 Å². The molecule has 0 radical (unpaired) electrons. The van der Waals surface area contributed by atoms with Gasteiger partial charge in [-0.2, -0.15) is 0 Å². The number of carboxylic acids is 1. The molecule has 1 saturated carbocycles. The molecule has 0 amide bonds. The van der Waals surface area contributed by atoms with Crippen LogP contribution in [0.5, 0.6) is 0 Å². The van der Waals surface area contributed by atoms with Crippen LogP contribution < -0.4 is 4.90 Å². The number of anilines is 1. The first-order chi connectivity index (χ1) is 13.4. The second-order valence-electron chi connectivity index (χ2n) is 8.55. The molecule has 4 atom stereocenters. The molecule has 1 fully saturated rings. The molecule has 4 rings (SSSR count). The van der Waals surface area contributed by atoms with Crippen LogP contribution in [0.15, 0.2) is 12.1 Å². The lowest BCUT2D eigenvalue weighted by molar-refractivity contribution is -0.143. The molecule has 1 aromatic heterocycles. The summed E-state index contributed by atoms with van der Waals surface area (Å²) in [5, 5.41) is 9.52. The number of benzene rings is 1. The van der Waals surface area contributed by atoms with Crippen molar-refractivity contribution in [3.8, 4) is 0 Å². The largest absolute Gasteiger partial charge is 0.481 e. The topological polar surface area (TPSA) is 75.4 Å². The molecule has 150 valence electrons. The standard InChI is InChI=1S/C22H29N3O3/c1-13(12-26)21-23-20-17-8-7-14(2)24(3)18(17)9-10-19(20)25(21)16-6-4-5-15(11-16)22(27)28/h9-10,12-16H,4-8,11H2,1-3H3,(H,27,28). The first-order valence-corrected chi connectivity index (χ1v) is 10.4. The minimum Gasteiger partial charge on any atom is -0.481 e. The number of hydrogen-bond donors (Lipinski definition) is 1. The predicted octanol–water partition coefficient (Wildman–Crippen LogP) is 3.93. The van der Waals surface area contributed by atoms with Gasteiger partial charge < -0.3 is 19.4 Å². The Bertz CT molecular complexity index is 919. The molecule has 1 aliphatic carbocycles. The minimum absolute atomic E-state index is 0.0792. The highest BCUT2D eigenvalue weighted by Gasteiger charge is 2.32. The minimum atomic E-state index is -0.716. The van der Waals surface area contributed by atoms with Crippen LogP contribution in [0, 0.1) is 5.92 Å². The zero-order valence-corrected chi connectivity index (χ0v) is 16.9. The number of aldehydes is 1. The van der Waals surface area contributed by atoms with Crippen molar-refractivity contribution >= 4 is 29.0 Å². The Labute approximate surface area is 165 Å². The molecule has 0 bridgehead atoms. The third-order valence-electron chi connectivity index (χ3n) is 6.80. The average molecular weight is 383 g/mol. The molecule has 2 heterocycles. The van der Waals surface area contributed by atoms with Gasteiger partial charge >= 0.3 is 5.97 Å². The van der Waals surface area contributed by atoms with Crippen LogP contribution in [-0.2, 0) is 16.0 Å². The molecule has 4 unspecified atom stereocenters. The highest BCUT2D eigenvalue weighted by molar-refractivity contribution is 5.87. The Morgan fingerprint density at radius 2 is 2.11 bits per heavy atom. The smallest absolute Gasteiger partial charge is 0.306 e. The molecule has 6 nitrogen and oxygen atoms in total. The van der Waals surface area contributed by atoms with Gasteiger partial charge in [-0.05, 0) is 58.1 Å². The molecule has 0 spiro atoms. The fourth-order valence-corrected chi connectivity index (χ4v) is 4.97. The highest BCUT2D eigenvalue weighted by Crippen LogP contribution is 2.40. The van der Waals surface area contributed by atoms with E-state index in [-0.39, 0.29) is 17.9 Å². The molecule has 6 heteroatoms.